The molecule has 1 aromatic heterocycles. The Hall–Kier alpha value is -2.18. The Morgan fingerprint density at radius 3 is 2.62 bits per heavy atom. The van der Waals surface area contributed by atoms with Gasteiger partial charge in [-0.15, -0.1) is 28.5 Å². The van der Waals surface area contributed by atoms with E-state index in [1.807, 2.05) is 18.2 Å². The molecule has 0 aliphatic rings. The first-order chi connectivity index (χ1) is 14.2. The Kier molecular flexibility index (Phi) is 8.25. The van der Waals surface area contributed by atoms with Crippen LogP contribution in [0, 0.1) is 13.8 Å². The SMILES string of the molecule is C=CCn1c(CSc2ccc(C)cc2)nnc1SCCCOc1cccc(C)c1. The largest absolute Gasteiger partial charge is 0.494 e. The lowest BCUT2D eigenvalue weighted by molar-refractivity contribution is 0.318. The molecule has 0 saturated carbocycles. The summed E-state index contributed by atoms with van der Waals surface area (Å²) < 4.78 is 7.98. The average Bonchev–Trinajstić information content (AvgIpc) is 3.09. The molecule has 0 aliphatic carbocycles. The Labute approximate surface area is 181 Å². The second-order valence-electron chi connectivity index (χ2n) is 6.77. The van der Waals surface area contributed by atoms with Gasteiger partial charge in [-0.1, -0.05) is 47.7 Å². The summed E-state index contributed by atoms with van der Waals surface area (Å²) in [7, 11) is 0. The number of aromatic nitrogens is 3. The second kappa shape index (κ2) is 11.1. The minimum absolute atomic E-state index is 0.697. The van der Waals surface area contributed by atoms with Gasteiger partial charge in [-0.05, 0) is 50.1 Å². The van der Waals surface area contributed by atoms with Gasteiger partial charge in [-0.2, -0.15) is 0 Å². The van der Waals surface area contributed by atoms with Gasteiger partial charge in [0.1, 0.15) is 11.6 Å². The van der Waals surface area contributed by atoms with Gasteiger partial charge in [0.15, 0.2) is 5.16 Å². The quantitative estimate of drug-likeness (QED) is 0.216. The van der Waals surface area contributed by atoms with Crippen molar-refractivity contribution in [3.63, 3.8) is 0 Å². The summed E-state index contributed by atoms with van der Waals surface area (Å²) in [4.78, 5) is 1.24. The molecule has 2 aromatic carbocycles. The van der Waals surface area contributed by atoms with Gasteiger partial charge < -0.3 is 9.30 Å². The molecule has 3 rings (SSSR count). The van der Waals surface area contributed by atoms with Crippen molar-refractivity contribution in [2.45, 2.75) is 42.6 Å². The number of hydrogen-bond donors (Lipinski definition) is 0. The lowest BCUT2D eigenvalue weighted by atomic mass is 10.2. The molecule has 29 heavy (non-hydrogen) atoms. The summed E-state index contributed by atoms with van der Waals surface area (Å²) in [6.45, 7) is 9.48. The summed E-state index contributed by atoms with van der Waals surface area (Å²) in [5.74, 6) is 3.64. The van der Waals surface area contributed by atoms with Crippen molar-refractivity contribution in [1.82, 2.24) is 14.8 Å². The third-order valence-corrected chi connectivity index (χ3v) is 6.33. The first-order valence-electron chi connectivity index (χ1n) is 9.70. The van der Waals surface area contributed by atoms with Crippen molar-refractivity contribution in [3.05, 3.63) is 78.1 Å². The van der Waals surface area contributed by atoms with Crippen LogP contribution in [0.1, 0.15) is 23.4 Å². The fraction of sp³-hybridized carbons (Fsp3) is 0.304. The summed E-state index contributed by atoms with van der Waals surface area (Å²) >= 11 is 3.50. The molecule has 0 unspecified atom stereocenters. The van der Waals surface area contributed by atoms with E-state index in [1.54, 1.807) is 23.5 Å². The van der Waals surface area contributed by atoms with Crippen LogP contribution in [-0.2, 0) is 12.3 Å². The highest BCUT2D eigenvalue weighted by Gasteiger charge is 2.12. The van der Waals surface area contributed by atoms with Gasteiger partial charge in [0.2, 0.25) is 0 Å². The van der Waals surface area contributed by atoms with Crippen molar-refractivity contribution in [3.8, 4) is 5.75 Å². The number of aryl methyl sites for hydroxylation is 2. The number of benzene rings is 2. The van der Waals surface area contributed by atoms with E-state index >= 15 is 0 Å². The normalized spacial score (nSPS) is 10.8. The van der Waals surface area contributed by atoms with E-state index in [9.17, 15) is 0 Å². The number of thioether (sulfide) groups is 2. The van der Waals surface area contributed by atoms with E-state index in [1.165, 1.54) is 16.0 Å². The molecular weight excluding hydrogens is 398 g/mol. The zero-order valence-electron chi connectivity index (χ0n) is 17.0. The monoisotopic (exact) mass is 425 g/mol. The zero-order valence-corrected chi connectivity index (χ0v) is 18.6. The summed E-state index contributed by atoms with van der Waals surface area (Å²) in [5.41, 5.74) is 2.49. The van der Waals surface area contributed by atoms with E-state index in [-0.39, 0.29) is 0 Å². The average molecular weight is 426 g/mol. The lowest BCUT2D eigenvalue weighted by Gasteiger charge is -2.09. The molecule has 152 valence electrons. The molecule has 0 radical (unpaired) electrons. The maximum atomic E-state index is 5.83. The molecule has 4 nitrogen and oxygen atoms in total. The Morgan fingerprint density at radius 2 is 1.86 bits per heavy atom. The topological polar surface area (TPSA) is 39.9 Å². The smallest absolute Gasteiger partial charge is 0.191 e. The molecule has 0 bridgehead atoms. The first-order valence-corrected chi connectivity index (χ1v) is 11.7. The maximum Gasteiger partial charge on any atom is 0.191 e. The molecule has 0 N–H and O–H groups in total. The molecular formula is C23H27N3OS2. The van der Waals surface area contributed by atoms with Crippen LogP contribution in [0.4, 0.5) is 0 Å². The zero-order chi connectivity index (χ0) is 20.5. The third kappa shape index (κ3) is 6.68. The molecule has 1 heterocycles. The van der Waals surface area contributed by atoms with Gasteiger partial charge in [-0.25, -0.2) is 0 Å². The van der Waals surface area contributed by atoms with Crippen molar-refractivity contribution in [1.29, 1.82) is 0 Å². The molecule has 6 heteroatoms. The lowest BCUT2D eigenvalue weighted by Crippen LogP contribution is -2.04. The summed E-state index contributed by atoms with van der Waals surface area (Å²) in [6, 6.07) is 16.7. The molecule has 3 aromatic rings. The molecule has 0 fully saturated rings. The molecule has 0 spiro atoms. The predicted molar refractivity (Wildman–Crippen MR) is 123 cm³/mol. The minimum atomic E-state index is 0.697. The highest BCUT2D eigenvalue weighted by Crippen LogP contribution is 2.25. The fourth-order valence-electron chi connectivity index (χ4n) is 2.74. The highest BCUT2D eigenvalue weighted by molar-refractivity contribution is 7.99. The summed E-state index contributed by atoms with van der Waals surface area (Å²) in [5, 5.41) is 9.76. The van der Waals surface area contributed by atoms with E-state index < -0.39 is 0 Å². The predicted octanol–water partition coefficient (Wildman–Crippen LogP) is 5.93. The van der Waals surface area contributed by atoms with Crippen molar-refractivity contribution < 1.29 is 4.74 Å². The molecule has 0 aliphatic heterocycles. The van der Waals surface area contributed by atoms with E-state index in [0.717, 1.165) is 41.2 Å². The highest BCUT2D eigenvalue weighted by atomic mass is 32.2. The number of rotatable bonds is 11. The molecule has 0 amide bonds. The standard InChI is InChI=1S/C23H27N3OS2/c1-4-13-26-22(17-29-21-11-9-18(2)10-12-21)24-25-23(26)28-15-6-14-27-20-8-5-7-19(3)16-20/h4-5,7-12,16H,1,6,13-15,17H2,2-3H3. The van der Waals surface area contributed by atoms with E-state index in [4.69, 9.17) is 4.74 Å². The van der Waals surface area contributed by atoms with Crippen LogP contribution < -0.4 is 4.74 Å². The van der Waals surface area contributed by atoms with E-state index in [0.29, 0.717) is 6.61 Å². The summed E-state index contributed by atoms with van der Waals surface area (Å²) in [6.07, 6.45) is 2.85. The fourth-order valence-corrected chi connectivity index (χ4v) is 4.46. The second-order valence-corrected chi connectivity index (χ2v) is 8.88. The molecule has 0 saturated heterocycles. The third-order valence-electron chi connectivity index (χ3n) is 4.27. The number of hydrogen-bond acceptors (Lipinski definition) is 5. The molecule has 0 atom stereocenters. The van der Waals surface area contributed by atoms with Gasteiger partial charge in [0, 0.05) is 17.2 Å². The van der Waals surface area contributed by atoms with Crippen LogP contribution >= 0.6 is 23.5 Å². The van der Waals surface area contributed by atoms with Crippen LogP contribution in [0.25, 0.3) is 0 Å². The van der Waals surface area contributed by atoms with Crippen LogP contribution in [0.5, 0.6) is 5.75 Å². The first kappa shape index (κ1) is 21.5. The van der Waals surface area contributed by atoms with Crippen molar-refractivity contribution in [2.24, 2.45) is 0 Å². The van der Waals surface area contributed by atoms with Crippen molar-refractivity contribution in [2.75, 3.05) is 12.4 Å². The van der Waals surface area contributed by atoms with Crippen LogP contribution in [0.3, 0.4) is 0 Å². The van der Waals surface area contributed by atoms with E-state index in [2.05, 4.69) is 71.6 Å². The van der Waals surface area contributed by atoms with Crippen LogP contribution in [-0.4, -0.2) is 27.1 Å². The van der Waals surface area contributed by atoms with Gasteiger partial charge in [0.05, 0.1) is 12.4 Å². The Balaban J connectivity index is 1.49. The number of ether oxygens (including phenoxy) is 1. The van der Waals surface area contributed by atoms with Crippen molar-refractivity contribution >= 4 is 23.5 Å². The Bertz CT molecular complexity index is 922. The minimum Gasteiger partial charge on any atom is -0.494 e. The maximum absolute atomic E-state index is 5.83. The number of nitrogens with zero attached hydrogens (tertiary/aromatic N) is 3. The Morgan fingerprint density at radius 1 is 1.03 bits per heavy atom. The number of allylic oxidation sites excluding steroid dienone is 1. The van der Waals surface area contributed by atoms with Crippen LogP contribution in [0.15, 0.2) is 71.2 Å². The van der Waals surface area contributed by atoms with Gasteiger partial charge in [0.25, 0.3) is 0 Å². The van der Waals surface area contributed by atoms with Gasteiger partial charge in [-0.3, -0.25) is 0 Å². The van der Waals surface area contributed by atoms with Gasteiger partial charge >= 0.3 is 0 Å². The van der Waals surface area contributed by atoms with Crippen LogP contribution in [0.2, 0.25) is 0 Å².